The Balaban J connectivity index is 1.65. The van der Waals surface area contributed by atoms with Crippen LogP contribution in [0.5, 0.6) is 0 Å². The minimum absolute atomic E-state index is 0.0661. The molecule has 1 fully saturated rings. The number of halogens is 3. The number of benzene rings is 3. The highest BCUT2D eigenvalue weighted by Crippen LogP contribution is 2.39. The van der Waals surface area contributed by atoms with Crippen LogP contribution >= 0.6 is 11.6 Å². The van der Waals surface area contributed by atoms with Crippen molar-refractivity contribution in [2.24, 2.45) is 5.92 Å². The molecule has 1 aromatic heterocycles. The van der Waals surface area contributed by atoms with Gasteiger partial charge < -0.3 is 15.0 Å². The summed E-state index contributed by atoms with van der Waals surface area (Å²) in [4.78, 5) is 29.6. The molecule has 3 aromatic carbocycles. The molecular weight excluding hydrogens is 500 g/mol. The largest absolute Gasteiger partial charge is 0.478 e. The number of fused-ring (bicyclic) bond motifs is 1. The van der Waals surface area contributed by atoms with Crippen molar-refractivity contribution >= 4 is 40.2 Å². The van der Waals surface area contributed by atoms with E-state index in [4.69, 9.17) is 11.6 Å². The zero-order valence-corrected chi connectivity index (χ0v) is 20.5. The van der Waals surface area contributed by atoms with Crippen LogP contribution in [0.15, 0.2) is 60.7 Å². The molecule has 0 aliphatic heterocycles. The quantitative estimate of drug-likeness (QED) is 0.282. The minimum atomic E-state index is -1.07. The number of nitrogens with zero attached hydrogens (tertiary/aromatic N) is 2. The molecule has 1 atom stereocenters. The van der Waals surface area contributed by atoms with Gasteiger partial charge in [-0.2, -0.15) is 0 Å². The lowest BCUT2D eigenvalue weighted by Gasteiger charge is -2.32. The SMILES string of the molecule is O=C(O)c1ccc(NC(=O)C(C2CCCCC2)n2c(-c3ccc(Cl)cc3)nc3c(F)c(F)ccc32)cc1. The Kier molecular flexibility index (Phi) is 6.93. The fraction of sp³-hybridized carbons (Fsp3) is 0.250. The normalized spacial score (nSPS) is 15.0. The number of carbonyl (C=O) groups is 2. The summed E-state index contributed by atoms with van der Waals surface area (Å²) in [5.41, 5.74) is 1.32. The molecule has 5 rings (SSSR count). The molecule has 1 amide bonds. The van der Waals surface area contributed by atoms with Crippen LogP contribution < -0.4 is 5.32 Å². The summed E-state index contributed by atoms with van der Waals surface area (Å²) in [5, 5.41) is 12.6. The maximum atomic E-state index is 14.9. The van der Waals surface area contributed by atoms with E-state index in [1.54, 1.807) is 28.8 Å². The van der Waals surface area contributed by atoms with E-state index in [2.05, 4.69) is 10.3 Å². The Morgan fingerprint density at radius 3 is 2.30 bits per heavy atom. The number of aromatic nitrogens is 2. The number of hydrogen-bond acceptors (Lipinski definition) is 3. The van der Waals surface area contributed by atoms with Gasteiger partial charge in [0.25, 0.3) is 0 Å². The predicted molar refractivity (Wildman–Crippen MR) is 138 cm³/mol. The van der Waals surface area contributed by atoms with Crippen LogP contribution in [0.3, 0.4) is 0 Å². The van der Waals surface area contributed by atoms with Gasteiger partial charge in [-0.15, -0.1) is 0 Å². The molecule has 0 radical (unpaired) electrons. The van der Waals surface area contributed by atoms with Crippen LogP contribution in [-0.4, -0.2) is 26.5 Å². The smallest absolute Gasteiger partial charge is 0.335 e. The van der Waals surface area contributed by atoms with Crippen molar-refractivity contribution < 1.29 is 23.5 Å². The Bertz CT molecular complexity index is 1460. The summed E-state index contributed by atoms with van der Waals surface area (Å²) in [6.07, 6.45) is 4.55. The zero-order chi connectivity index (χ0) is 26.1. The van der Waals surface area contributed by atoms with Gasteiger partial charge in [0.2, 0.25) is 5.91 Å². The van der Waals surface area contributed by atoms with Gasteiger partial charge in [0.1, 0.15) is 17.4 Å². The molecule has 1 saturated carbocycles. The first kappa shape index (κ1) is 24.9. The lowest BCUT2D eigenvalue weighted by atomic mass is 9.83. The van der Waals surface area contributed by atoms with Gasteiger partial charge in [0.05, 0.1) is 11.1 Å². The van der Waals surface area contributed by atoms with Gasteiger partial charge in [-0.3, -0.25) is 4.79 Å². The topological polar surface area (TPSA) is 84.2 Å². The maximum absolute atomic E-state index is 14.9. The molecule has 1 unspecified atom stereocenters. The number of carboxylic acids is 1. The highest BCUT2D eigenvalue weighted by Gasteiger charge is 2.35. The first-order valence-electron chi connectivity index (χ1n) is 12.1. The molecule has 9 heteroatoms. The Morgan fingerprint density at radius 2 is 1.65 bits per heavy atom. The third-order valence-corrected chi connectivity index (χ3v) is 7.15. The van der Waals surface area contributed by atoms with Crippen LogP contribution in [0.1, 0.15) is 48.5 Å². The molecule has 190 valence electrons. The molecule has 1 heterocycles. The molecule has 0 bridgehead atoms. The summed E-state index contributed by atoms with van der Waals surface area (Å²) in [6, 6.07) is 14.4. The molecule has 2 N–H and O–H groups in total. The van der Waals surface area contributed by atoms with E-state index in [1.807, 2.05) is 0 Å². The molecule has 1 aliphatic carbocycles. The number of amides is 1. The van der Waals surface area contributed by atoms with Crippen LogP contribution in [0.4, 0.5) is 14.5 Å². The van der Waals surface area contributed by atoms with Crippen molar-refractivity contribution in [3.8, 4) is 11.4 Å². The van der Waals surface area contributed by atoms with Gasteiger partial charge in [0.15, 0.2) is 11.6 Å². The van der Waals surface area contributed by atoms with E-state index in [1.165, 1.54) is 30.3 Å². The molecule has 4 aromatic rings. The maximum Gasteiger partial charge on any atom is 0.335 e. The zero-order valence-electron chi connectivity index (χ0n) is 19.8. The number of carboxylic acid groups (broad SMARTS) is 1. The summed E-state index contributed by atoms with van der Waals surface area (Å²) in [5.74, 6) is -3.22. The van der Waals surface area contributed by atoms with Crippen molar-refractivity contribution in [3.05, 3.63) is 82.9 Å². The number of carbonyl (C=O) groups excluding carboxylic acids is 1. The number of imidazole rings is 1. The van der Waals surface area contributed by atoms with Crippen LogP contribution in [0, 0.1) is 17.6 Å². The molecule has 6 nitrogen and oxygen atoms in total. The van der Waals surface area contributed by atoms with Gasteiger partial charge in [-0.25, -0.2) is 18.6 Å². The average Bonchev–Trinajstić information content (AvgIpc) is 3.27. The molecule has 0 spiro atoms. The number of rotatable bonds is 6. The number of aromatic carboxylic acids is 1. The second-order valence-corrected chi connectivity index (χ2v) is 9.69. The van der Waals surface area contributed by atoms with Crippen LogP contribution in [0.2, 0.25) is 5.02 Å². The average molecular weight is 524 g/mol. The Hall–Kier alpha value is -3.78. The Labute approximate surface area is 216 Å². The van der Waals surface area contributed by atoms with Crippen molar-refractivity contribution in [2.75, 3.05) is 5.32 Å². The molecule has 37 heavy (non-hydrogen) atoms. The fourth-order valence-electron chi connectivity index (χ4n) is 5.09. The lowest BCUT2D eigenvalue weighted by molar-refractivity contribution is -0.121. The van der Waals surface area contributed by atoms with Gasteiger partial charge in [0, 0.05) is 16.3 Å². The van der Waals surface area contributed by atoms with E-state index in [0.29, 0.717) is 27.6 Å². The van der Waals surface area contributed by atoms with E-state index < -0.39 is 23.6 Å². The minimum Gasteiger partial charge on any atom is -0.478 e. The van der Waals surface area contributed by atoms with Gasteiger partial charge >= 0.3 is 5.97 Å². The second kappa shape index (κ2) is 10.3. The number of nitrogens with one attached hydrogen (secondary N) is 1. The third kappa shape index (κ3) is 4.93. The monoisotopic (exact) mass is 523 g/mol. The first-order valence-corrected chi connectivity index (χ1v) is 12.5. The fourth-order valence-corrected chi connectivity index (χ4v) is 5.22. The van der Waals surface area contributed by atoms with Crippen molar-refractivity contribution in [1.82, 2.24) is 9.55 Å². The molecule has 0 saturated heterocycles. The van der Waals surface area contributed by atoms with E-state index in [-0.39, 0.29) is 22.9 Å². The molecular formula is C28H24ClF2N3O3. The predicted octanol–water partition coefficient (Wildman–Crippen LogP) is 7.09. The van der Waals surface area contributed by atoms with Crippen molar-refractivity contribution in [3.63, 3.8) is 0 Å². The summed E-state index contributed by atoms with van der Waals surface area (Å²) in [7, 11) is 0. The third-order valence-electron chi connectivity index (χ3n) is 6.90. The van der Waals surface area contributed by atoms with Gasteiger partial charge in [-0.05, 0) is 79.4 Å². The second-order valence-electron chi connectivity index (χ2n) is 9.26. The number of hydrogen-bond donors (Lipinski definition) is 2. The van der Waals surface area contributed by atoms with Crippen LogP contribution in [-0.2, 0) is 4.79 Å². The highest BCUT2D eigenvalue weighted by atomic mass is 35.5. The van der Waals surface area contributed by atoms with Crippen molar-refractivity contribution in [2.45, 2.75) is 38.1 Å². The molecule has 1 aliphatic rings. The summed E-state index contributed by atoms with van der Waals surface area (Å²) < 4.78 is 30.8. The van der Waals surface area contributed by atoms with E-state index in [0.717, 1.165) is 38.2 Å². The van der Waals surface area contributed by atoms with Crippen molar-refractivity contribution in [1.29, 1.82) is 0 Å². The Morgan fingerprint density at radius 1 is 0.973 bits per heavy atom. The van der Waals surface area contributed by atoms with E-state index >= 15 is 0 Å². The van der Waals surface area contributed by atoms with Gasteiger partial charge in [-0.1, -0.05) is 30.9 Å². The van der Waals surface area contributed by atoms with E-state index in [9.17, 15) is 23.5 Å². The number of anilines is 1. The van der Waals surface area contributed by atoms with Crippen LogP contribution in [0.25, 0.3) is 22.4 Å². The first-order chi connectivity index (χ1) is 17.8. The highest BCUT2D eigenvalue weighted by molar-refractivity contribution is 6.30. The lowest BCUT2D eigenvalue weighted by Crippen LogP contribution is -2.33. The standard InChI is InChI=1S/C28H24ClF2N3O3/c29-19-10-6-17(7-11-19)26-33-24-22(15-14-21(30)23(24)31)34(26)25(16-4-2-1-3-5-16)27(35)32-20-12-8-18(9-13-20)28(36)37/h6-16,25H,1-5H2,(H,32,35)(H,36,37). The summed E-state index contributed by atoms with van der Waals surface area (Å²) >= 11 is 6.08. The summed E-state index contributed by atoms with van der Waals surface area (Å²) in [6.45, 7) is 0.